The first-order valence-corrected chi connectivity index (χ1v) is 28.9. The van der Waals surface area contributed by atoms with E-state index in [1.807, 2.05) is 0 Å². The van der Waals surface area contributed by atoms with E-state index in [0.717, 1.165) is 84.3 Å². The summed E-state index contributed by atoms with van der Waals surface area (Å²) in [5.41, 5.74) is 0. The summed E-state index contributed by atoms with van der Waals surface area (Å²) in [5, 5.41) is 9.53. The lowest BCUT2D eigenvalue weighted by atomic mass is 10.1. The number of carbonyl (C=O) groups excluding carboxylic acids is 2. The Balaban J connectivity index is 4.34. The standard InChI is InChI=1S/C57H115N3O3/c1-5-9-13-17-23-33-41-51-59(52-42-34-24-18-14-10-6-2)56(62)46-37-29-22-21-27-31-39-48-58(50-45-55-61)49-40-32-28-30-38-47-57(63)60(53-43-35-25-19-15-11-7-3)54-44-36-26-20-16-12-8-4/h61H,5-55H2,1-4H3. The maximum Gasteiger partial charge on any atom is 0.222 e. The van der Waals surface area contributed by atoms with Gasteiger partial charge >= 0.3 is 0 Å². The van der Waals surface area contributed by atoms with Gasteiger partial charge in [-0.15, -0.1) is 0 Å². The summed E-state index contributed by atoms with van der Waals surface area (Å²) in [6.45, 7) is 16.5. The molecular formula is C57H115N3O3. The van der Waals surface area contributed by atoms with Crippen LogP contribution >= 0.6 is 0 Å². The van der Waals surface area contributed by atoms with E-state index in [-0.39, 0.29) is 6.61 Å². The van der Waals surface area contributed by atoms with Crippen LogP contribution in [0, 0.1) is 0 Å². The maximum absolute atomic E-state index is 13.3. The van der Waals surface area contributed by atoms with Gasteiger partial charge in [0.2, 0.25) is 11.8 Å². The van der Waals surface area contributed by atoms with Crippen LogP contribution in [0.4, 0.5) is 0 Å². The van der Waals surface area contributed by atoms with E-state index in [4.69, 9.17) is 0 Å². The Labute approximate surface area is 396 Å². The first-order chi connectivity index (χ1) is 31.0. The first-order valence-electron chi connectivity index (χ1n) is 28.9. The van der Waals surface area contributed by atoms with Gasteiger partial charge in [0.25, 0.3) is 0 Å². The van der Waals surface area contributed by atoms with Crippen LogP contribution in [0.5, 0.6) is 0 Å². The highest BCUT2D eigenvalue weighted by atomic mass is 16.3. The fraction of sp³-hybridized carbons (Fsp3) is 0.965. The van der Waals surface area contributed by atoms with Crippen LogP contribution in [-0.4, -0.2) is 84.0 Å². The van der Waals surface area contributed by atoms with E-state index in [9.17, 15) is 14.7 Å². The zero-order valence-electron chi connectivity index (χ0n) is 43.7. The van der Waals surface area contributed by atoms with Crippen molar-refractivity contribution in [3.63, 3.8) is 0 Å². The highest BCUT2D eigenvalue weighted by Gasteiger charge is 2.14. The summed E-state index contributed by atoms with van der Waals surface area (Å²) in [4.78, 5) is 33.6. The molecule has 6 heteroatoms. The van der Waals surface area contributed by atoms with Crippen LogP contribution in [0.25, 0.3) is 0 Å². The normalized spacial score (nSPS) is 11.6. The Kier molecular flexibility index (Phi) is 50.9. The highest BCUT2D eigenvalue weighted by Crippen LogP contribution is 2.16. The molecule has 0 rings (SSSR count). The zero-order valence-corrected chi connectivity index (χ0v) is 43.7. The Morgan fingerprint density at radius 1 is 0.270 bits per heavy atom. The third kappa shape index (κ3) is 44.5. The fourth-order valence-corrected chi connectivity index (χ4v) is 9.34. The second kappa shape index (κ2) is 51.8. The summed E-state index contributed by atoms with van der Waals surface area (Å²) >= 11 is 0. The van der Waals surface area contributed by atoms with Crippen molar-refractivity contribution >= 4 is 11.8 Å². The molecule has 0 spiro atoms. The van der Waals surface area contributed by atoms with Gasteiger partial charge < -0.3 is 19.8 Å². The van der Waals surface area contributed by atoms with Crippen LogP contribution in [-0.2, 0) is 9.59 Å². The van der Waals surface area contributed by atoms with Gasteiger partial charge in [0.1, 0.15) is 0 Å². The minimum absolute atomic E-state index is 0.276. The number of carbonyl (C=O) groups is 2. The van der Waals surface area contributed by atoms with Gasteiger partial charge in [-0.1, -0.05) is 233 Å². The molecule has 0 atom stereocenters. The summed E-state index contributed by atoms with van der Waals surface area (Å²) < 4.78 is 0. The molecule has 0 aliphatic heterocycles. The van der Waals surface area contributed by atoms with Gasteiger partial charge in [-0.25, -0.2) is 0 Å². The lowest BCUT2D eigenvalue weighted by Gasteiger charge is -2.23. The van der Waals surface area contributed by atoms with Crippen molar-refractivity contribution in [2.24, 2.45) is 0 Å². The molecule has 6 nitrogen and oxygen atoms in total. The van der Waals surface area contributed by atoms with Crippen molar-refractivity contribution in [2.45, 2.75) is 304 Å². The van der Waals surface area contributed by atoms with Crippen LogP contribution < -0.4 is 0 Å². The van der Waals surface area contributed by atoms with E-state index in [1.54, 1.807) is 0 Å². The van der Waals surface area contributed by atoms with Gasteiger partial charge in [0, 0.05) is 52.2 Å². The molecule has 0 saturated heterocycles. The Morgan fingerprint density at radius 2 is 0.476 bits per heavy atom. The second-order valence-corrected chi connectivity index (χ2v) is 19.9. The molecule has 0 bridgehead atoms. The zero-order chi connectivity index (χ0) is 45.9. The topological polar surface area (TPSA) is 64.1 Å². The molecule has 0 aliphatic carbocycles. The third-order valence-corrected chi connectivity index (χ3v) is 13.7. The van der Waals surface area contributed by atoms with Crippen molar-refractivity contribution in [1.29, 1.82) is 0 Å². The molecule has 0 saturated carbocycles. The molecule has 2 amide bonds. The van der Waals surface area contributed by atoms with Gasteiger partial charge in [-0.2, -0.15) is 0 Å². The molecule has 0 aliphatic rings. The van der Waals surface area contributed by atoms with Crippen LogP contribution in [0.15, 0.2) is 0 Å². The molecular weight excluding hydrogens is 775 g/mol. The molecule has 376 valence electrons. The molecule has 0 aromatic carbocycles. The number of aliphatic hydroxyl groups excluding tert-OH is 1. The highest BCUT2D eigenvalue weighted by molar-refractivity contribution is 5.76. The first kappa shape index (κ1) is 61.9. The number of aliphatic hydroxyl groups is 1. The van der Waals surface area contributed by atoms with E-state index in [2.05, 4.69) is 42.4 Å². The average Bonchev–Trinajstić information content (AvgIpc) is 3.29. The number of unbranched alkanes of at least 4 members (excludes halogenated alkanes) is 34. The predicted octanol–water partition coefficient (Wildman–Crippen LogP) is 16.8. The van der Waals surface area contributed by atoms with E-state index >= 15 is 0 Å². The van der Waals surface area contributed by atoms with Gasteiger partial charge in [0.15, 0.2) is 0 Å². The number of rotatable bonds is 53. The molecule has 63 heavy (non-hydrogen) atoms. The van der Waals surface area contributed by atoms with Gasteiger partial charge in [0.05, 0.1) is 0 Å². The number of amides is 2. The quantitative estimate of drug-likeness (QED) is 0.0618. The van der Waals surface area contributed by atoms with E-state index in [1.165, 1.54) is 238 Å². The molecule has 0 heterocycles. The monoisotopic (exact) mass is 890 g/mol. The number of hydrogen-bond acceptors (Lipinski definition) is 4. The Morgan fingerprint density at radius 3 is 0.730 bits per heavy atom. The smallest absolute Gasteiger partial charge is 0.222 e. The van der Waals surface area contributed by atoms with Crippen molar-refractivity contribution in [3.05, 3.63) is 0 Å². The van der Waals surface area contributed by atoms with Crippen molar-refractivity contribution in [2.75, 3.05) is 52.4 Å². The Bertz CT molecular complexity index is 879. The van der Waals surface area contributed by atoms with Crippen molar-refractivity contribution in [3.8, 4) is 0 Å². The van der Waals surface area contributed by atoms with Crippen molar-refractivity contribution < 1.29 is 14.7 Å². The van der Waals surface area contributed by atoms with E-state index < -0.39 is 0 Å². The minimum atomic E-state index is 0.276. The van der Waals surface area contributed by atoms with Crippen LogP contribution in [0.1, 0.15) is 304 Å². The van der Waals surface area contributed by atoms with Crippen molar-refractivity contribution in [1.82, 2.24) is 14.7 Å². The summed E-state index contributed by atoms with van der Waals surface area (Å²) in [6.07, 6.45) is 53.3. The fourth-order valence-electron chi connectivity index (χ4n) is 9.34. The third-order valence-electron chi connectivity index (χ3n) is 13.7. The van der Waals surface area contributed by atoms with Crippen LogP contribution in [0.3, 0.4) is 0 Å². The average molecular weight is 891 g/mol. The van der Waals surface area contributed by atoms with Gasteiger partial charge in [-0.05, 0) is 70.9 Å². The molecule has 0 radical (unpaired) electrons. The van der Waals surface area contributed by atoms with Crippen LogP contribution in [0.2, 0.25) is 0 Å². The molecule has 1 N–H and O–H groups in total. The summed E-state index contributed by atoms with van der Waals surface area (Å²) in [7, 11) is 0. The number of hydrogen-bond donors (Lipinski definition) is 1. The second-order valence-electron chi connectivity index (χ2n) is 19.9. The lowest BCUT2D eigenvalue weighted by molar-refractivity contribution is -0.132. The maximum atomic E-state index is 13.3. The summed E-state index contributed by atoms with van der Waals surface area (Å²) in [6, 6.07) is 0. The molecule has 0 unspecified atom stereocenters. The SMILES string of the molecule is CCCCCCCCCN(CCCCCCCCC)C(=O)CCCCCCCCCN(CCCO)CCCCCCCC(=O)N(CCCCCCCCC)CCCCCCCCC. The van der Waals surface area contributed by atoms with E-state index in [0.29, 0.717) is 11.8 Å². The molecule has 0 aromatic rings. The largest absolute Gasteiger partial charge is 0.396 e. The molecule has 0 fully saturated rings. The Hall–Kier alpha value is -1.14. The lowest BCUT2D eigenvalue weighted by Crippen LogP contribution is -2.32. The van der Waals surface area contributed by atoms with Gasteiger partial charge in [-0.3, -0.25) is 9.59 Å². The number of nitrogens with zero attached hydrogens (tertiary/aromatic N) is 3. The predicted molar refractivity (Wildman–Crippen MR) is 278 cm³/mol. The minimum Gasteiger partial charge on any atom is -0.396 e. The summed E-state index contributed by atoms with van der Waals surface area (Å²) in [5.74, 6) is 0.817. The molecule has 0 aromatic heterocycles.